The minimum absolute atomic E-state index is 0.00814. The molecule has 2 atom stereocenters. The van der Waals surface area contributed by atoms with Crippen LogP contribution < -0.4 is 5.32 Å². The van der Waals surface area contributed by atoms with Crippen LogP contribution in [0.5, 0.6) is 0 Å². The molecule has 1 amide bonds. The fourth-order valence-electron chi connectivity index (χ4n) is 8.75. The summed E-state index contributed by atoms with van der Waals surface area (Å²) in [5.41, 5.74) is 0. The molecule has 0 aliphatic rings. The van der Waals surface area contributed by atoms with Gasteiger partial charge in [0.15, 0.2) is 0 Å². The van der Waals surface area contributed by atoms with Crippen molar-refractivity contribution in [3.8, 4) is 0 Å². The van der Waals surface area contributed by atoms with Crippen LogP contribution in [0.3, 0.4) is 0 Å². The lowest BCUT2D eigenvalue weighted by molar-refractivity contribution is -0.143. The van der Waals surface area contributed by atoms with Crippen molar-refractivity contribution < 1.29 is 24.5 Å². The minimum atomic E-state index is -0.667. The molecule has 2 unspecified atom stereocenters. The lowest BCUT2D eigenvalue weighted by Gasteiger charge is -2.22. The summed E-state index contributed by atoms with van der Waals surface area (Å²) < 4.78 is 5.46. The molecule has 0 saturated carbocycles. The molecule has 0 rings (SSSR count). The van der Waals surface area contributed by atoms with Crippen LogP contribution in [-0.4, -0.2) is 47.4 Å². The van der Waals surface area contributed by atoms with E-state index in [1.165, 1.54) is 238 Å². The molecule has 0 aliphatic carbocycles. The normalized spacial score (nSPS) is 12.6. The van der Waals surface area contributed by atoms with Gasteiger partial charge in [-0.25, -0.2) is 0 Å². The first-order valence-electron chi connectivity index (χ1n) is 27.9. The van der Waals surface area contributed by atoms with E-state index in [1.54, 1.807) is 0 Å². The largest absolute Gasteiger partial charge is 0.466 e. The van der Waals surface area contributed by atoms with Crippen LogP contribution in [-0.2, 0) is 14.3 Å². The molecule has 0 aromatic rings. The summed E-state index contributed by atoms with van der Waals surface area (Å²) in [6.45, 7) is 4.95. The predicted octanol–water partition coefficient (Wildman–Crippen LogP) is 16.9. The molecule has 0 saturated heterocycles. The van der Waals surface area contributed by atoms with Gasteiger partial charge in [0.25, 0.3) is 0 Å². The van der Waals surface area contributed by atoms with Crippen LogP contribution in [0.15, 0.2) is 12.2 Å². The van der Waals surface area contributed by atoms with E-state index in [-0.39, 0.29) is 18.5 Å². The molecule has 0 radical (unpaired) electrons. The van der Waals surface area contributed by atoms with Gasteiger partial charge in [-0.15, -0.1) is 0 Å². The highest BCUT2D eigenvalue weighted by atomic mass is 16.5. The molecule has 62 heavy (non-hydrogen) atoms. The second-order valence-electron chi connectivity index (χ2n) is 19.3. The zero-order valence-electron chi connectivity index (χ0n) is 41.9. The molecular weight excluding hydrogens is 767 g/mol. The Balaban J connectivity index is 3.42. The van der Waals surface area contributed by atoms with Crippen molar-refractivity contribution in [1.29, 1.82) is 0 Å². The molecule has 0 fully saturated rings. The number of carbonyl (C=O) groups excluding carboxylic acids is 2. The van der Waals surface area contributed by atoms with Gasteiger partial charge in [-0.1, -0.05) is 257 Å². The van der Waals surface area contributed by atoms with Gasteiger partial charge in [-0.2, -0.15) is 0 Å². The zero-order chi connectivity index (χ0) is 45.1. The molecule has 368 valence electrons. The maximum Gasteiger partial charge on any atom is 0.305 e. The number of amides is 1. The predicted molar refractivity (Wildman–Crippen MR) is 269 cm³/mol. The van der Waals surface area contributed by atoms with Crippen LogP contribution in [0.4, 0.5) is 0 Å². The van der Waals surface area contributed by atoms with Crippen molar-refractivity contribution >= 4 is 11.9 Å². The first kappa shape index (κ1) is 60.6. The molecule has 0 heterocycles. The van der Waals surface area contributed by atoms with E-state index in [4.69, 9.17) is 4.74 Å². The molecule has 0 aliphatic heterocycles. The van der Waals surface area contributed by atoms with Crippen LogP contribution in [0.25, 0.3) is 0 Å². The highest BCUT2D eigenvalue weighted by Crippen LogP contribution is 2.17. The summed E-state index contributed by atoms with van der Waals surface area (Å²) in [5, 5.41) is 23.2. The number of esters is 1. The van der Waals surface area contributed by atoms with Gasteiger partial charge >= 0.3 is 5.97 Å². The quantitative estimate of drug-likeness (QED) is 0.0321. The minimum Gasteiger partial charge on any atom is -0.466 e. The summed E-state index contributed by atoms with van der Waals surface area (Å²) in [4.78, 5) is 24.4. The molecule has 0 aromatic carbocycles. The van der Waals surface area contributed by atoms with Crippen molar-refractivity contribution in [2.24, 2.45) is 0 Å². The van der Waals surface area contributed by atoms with Crippen LogP contribution >= 0.6 is 0 Å². The number of rotatable bonds is 52. The second-order valence-corrected chi connectivity index (χ2v) is 19.3. The number of hydrogen-bond acceptors (Lipinski definition) is 5. The first-order valence-corrected chi connectivity index (χ1v) is 27.9. The average molecular weight is 876 g/mol. The fraction of sp³-hybridized carbons (Fsp3) is 0.929. The fourth-order valence-corrected chi connectivity index (χ4v) is 8.75. The lowest BCUT2D eigenvalue weighted by atomic mass is 10.0. The standard InChI is InChI=1S/C56H109NO5/c1-3-5-7-9-11-13-15-25-29-32-36-40-44-48-54(59)53(52-58)57-55(60)49-45-41-37-33-30-26-23-21-19-17-16-18-20-22-24-27-31-35-39-43-47-51-62-56(61)50-46-42-38-34-28-14-12-10-8-6-4-2/h17,19,53-54,58-59H,3-16,18,20-52H2,1-2H3,(H,57,60)/b19-17-. The molecule has 3 N–H and O–H groups in total. The Kier molecular flexibility index (Phi) is 51.0. The van der Waals surface area contributed by atoms with Crippen LogP contribution in [0, 0.1) is 0 Å². The summed E-state index contributed by atoms with van der Waals surface area (Å²) in [6.07, 6.45) is 60.5. The highest BCUT2D eigenvalue weighted by molar-refractivity contribution is 5.76. The Morgan fingerprint density at radius 2 is 0.758 bits per heavy atom. The van der Waals surface area contributed by atoms with E-state index in [0.29, 0.717) is 25.9 Å². The Hall–Kier alpha value is -1.40. The number of hydrogen-bond donors (Lipinski definition) is 3. The third-order valence-corrected chi connectivity index (χ3v) is 13.1. The van der Waals surface area contributed by atoms with Crippen molar-refractivity contribution in [1.82, 2.24) is 5.32 Å². The monoisotopic (exact) mass is 876 g/mol. The number of aliphatic hydroxyl groups excluding tert-OH is 2. The highest BCUT2D eigenvalue weighted by Gasteiger charge is 2.20. The van der Waals surface area contributed by atoms with Gasteiger partial charge in [0.1, 0.15) is 0 Å². The van der Waals surface area contributed by atoms with Crippen molar-refractivity contribution in [2.45, 2.75) is 321 Å². The van der Waals surface area contributed by atoms with Crippen molar-refractivity contribution in [2.75, 3.05) is 13.2 Å². The molecule has 0 spiro atoms. The average Bonchev–Trinajstić information content (AvgIpc) is 3.27. The summed E-state index contributed by atoms with van der Waals surface area (Å²) in [6, 6.07) is -0.545. The number of aliphatic hydroxyl groups is 2. The summed E-state index contributed by atoms with van der Waals surface area (Å²) in [5.74, 6) is -0.0337. The topological polar surface area (TPSA) is 95.9 Å². The first-order chi connectivity index (χ1) is 30.5. The van der Waals surface area contributed by atoms with E-state index in [1.807, 2.05) is 0 Å². The van der Waals surface area contributed by atoms with E-state index in [2.05, 4.69) is 31.3 Å². The summed E-state index contributed by atoms with van der Waals surface area (Å²) >= 11 is 0. The number of nitrogens with one attached hydrogen (secondary N) is 1. The second kappa shape index (κ2) is 52.2. The van der Waals surface area contributed by atoms with E-state index in [9.17, 15) is 19.8 Å². The molecule has 6 heteroatoms. The number of ether oxygens (including phenoxy) is 1. The van der Waals surface area contributed by atoms with Gasteiger partial charge in [0.2, 0.25) is 5.91 Å². The third kappa shape index (κ3) is 48.1. The molecule has 0 bridgehead atoms. The molecule has 0 aromatic heterocycles. The van der Waals surface area contributed by atoms with Gasteiger partial charge in [-0.05, 0) is 51.4 Å². The Labute approximate surface area is 387 Å². The Morgan fingerprint density at radius 1 is 0.435 bits per heavy atom. The smallest absolute Gasteiger partial charge is 0.305 e. The number of allylic oxidation sites excluding steroid dienone is 2. The molecule has 6 nitrogen and oxygen atoms in total. The number of unbranched alkanes of at least 4 members (excludes halogenated alkanes) is 39. The maximum atomic E-state index is 12.4. The Morgan fingerprint density at radius 3 is 1.15 bits per heavy atom. The van der Waals surface area contributed by atoms with E-state index >= 15 is 0 Å². The van der Waals surface area contributed by atoms with Gasteiger partial charge in [0, 0.05) is 12.8 Å². The van der Waals surface area contributed by atoms with Crippen LogP contribution in [0.1, 0.15) is 309 Å². The van der Waals surface area contributed by atoms with Crippen LogP contribution in [0.2, 0.25) is 0 Å². The SMILES string of the molecule is CCCCCCCCCCCCCCCC(O)C(CO)NC(=O)CCCCCCCCC/C=C\CCCCCCCCCCCCOC(=O)CCCCCCCCCCCCC. The number of carbonyl (C=O) groups is 2. The van der Waals surface area contributed by atoms with Gasteiger partial charge in [0.05, 0.1) is 25.4 Å². The lowest BCUT2D eigenvalue weighted by Crippen LogP contribution is -2.45. The van der Waals surface area contributed by atoms with E-state index < -0.39 is 12.1 Å². The molecular formula is C56H109NO5. The zero-order valence-corrected chi connectivity index (χ0v) is 41.9. The third-order valence-electron chi connectivity index (χ3n) is 13.1. The van der Waals surface area contributed by atoms with E-state index in [0.717, 1.165) is 38.5 Å². The maximum absolute atomic E-state index is 12.4. The van der Waals surface area contributed by atoms with Crippen molar-refractivity contribution in [3.63, 3.8) is 0 Å². The summed E-state index contributed by atoms with van der Waals surface area (Å²) in [7, 11) is 0. The Bertz CT molecular complexity index is 924. The van der Waals surface area contributed by atoms with Gasteiger partial charge < -0.3 is 20.3 Å². The van der Waals surface area contributed by atoms with Crippen molar-refractivity contribution in [3.05, 3.63) is 12.2 Å². The van der Waals surface area contributed by atoms with Gasteiger partial charge in [-0.3, -0.25) is 9.59 Å².